The van der Waals surface area contributed by atoms with E-state index in [0.29, 0.717) is 18.8 Å². The topological polar surface area (TPSA) is 47.0 Å². The average Bonchev–Trinajstić information content (AvgIpc) is 3.10. The Morgan fingerprint density at radius 1 is 1.30 bits per heavy atom. The maximum absolute atomic E-state index is 13.1. The number of fused-ring (bicyclic) bond motifs is 1. The molecule has 4 nitrogen and oxygen atoms in total. The van der Waals surface area contributed by atoms with Gasteiger partial charge in [-0.15, -0.1) is 0 Å². The zero-order valence-corrected chi connectivity index (χ0v) is 11.1. The lowest BCUT2D eigenvalue weighted by Crippen LogP contribution is -2.19. The molecule has 0 aromatic carbocycles. The molecule has 110 valence electrons. The van der Waals surface area contributed by atoms with Crippen molar-refractivity contribution in [2.45, 2.75) is 45.1 Å². The van der Waals surface area contributed by atoms with Crippen LogP contribution in [0, 0.1) is 5.92 Å². The molecular weight excluding hydrogens is 271 g/mol. The van der Waals surface area contributed by atoms with Crippen LogP contribution in [0.15, 0.2) is 0 Å². The summed E-state index contributed by atoms with van der Waals surface area (Å²) in [5, 5.41) is 2.90. The van der Waals surface area contributed by atoms with Crippen LogP contribution in [0.2, 0.25) is 0 Å². The van der Waals surface area contributed by atoms with Gasteiger partial charge in [-0.25, -0.2) is 9.97 Å². The number of aromatic nitrogens is 2. The van der Waals surface area contributed by atoms with Crippen LogP contribution in [-0.2, 0) is 24.0 Å². The molecule has 1 N–H and O–H groups in total. The minimum absolute atomic E-state index is 0.173. The Balaban J connectivity index is 2.03. The summed E-state index contributed by atoms with van der Waals surface area (Å²) in [4.78, 5) is 8.10. The van der Waals surface area contributed by atoms with Gasteiger partial charge in [0.1, 0.15) is 6.10 Å². The summed E-state index contributed by atoms with van der Waals surface area (Å²) < 4.78 is 45.0. The van der Waals surface area contributed by atoms with Gasteiger partial charge >= 0.3 is 6.18 Å². The molecule has 1 aliphatic carbocycles. The van der Waals surface area contributed by atoms with Gasteiger partial charge in [-0.05, 0) is 25.7 Å². The van der Waals surface area contributed by atoms with Crippen LogP contribution >= 0.6 is 0 Å². The zero-order valence-electron chi connectivity index (χ0n) is 11.1. The van der Waals surface area contributed by atoms with E-state index in [1.807, 2.05) is 6.92 Å². The summed E-state index contributed by atoms with van der Waals surface area (Å²) in [6.45, 7) is 2.81. The Labute approximate surface area is 114 Å². The maximum atomic E-state index is 13.1. The Morgan fingerprint density at radius 2 is 2.05 bits per heavy atom. The van der Waals surface area contributed by atoms with E-state index in [2.05, 4.69) is 15.3 Å². The molecule has 1 aliphatic heterocycles. The fourth-order valence-electron chi connectivity index (χ4n) is 2.55. The molecule has 2 aliphatic rings. The Hall–Kier alpha value is -1.21. The first-order chi connectivity index (χ1) is 9.50. The van der Waals surface area contributed by atoms with Crippen LogP contribution < -0.4 is 5.32 Å². The number of nitrogens with one attached hydrogen (secondary N) is 1. The third-order valence-electron chi connectivity index (χ3n) is 3.62. The van der Waals surface area contributed by atoms with E-state index in [4.69, 9.17) is 4.74 Å². The van der Waals surface area contributed by atoms with Crippen molar-refractivity contribution in [1.29, 1.82) is 0 Å². The molecule has 1 unspecified atom stereocenters. The molecule has 3 rings (SSSR count). The highest BCUT2D eigenvalue weighted by Crippen LogP contribution is 2.43. The molecule has 0 saturated heterocycles. The first kappa shape index (κ1) is 13.8. The molecule has 0 spiro atoms. The predicted molar refractivity (Wildman–Crippen MR) is 64.7 cm³/mol. The minimum Gasteiger partial charge on any atom is -0.370 e. The van der Waals surface area contributed by atoms with Crippen molar-refractivity contribution in [3.05, 3.63) is 22.8 Å². The fraction of sp³-hybridized carbons (Fsp3) is 0.692. The quantitative estimate of drug-likeness (QED) is 0.924. The summed E-state index contributed by atoms with van der Waals surface area (Å²) in [6.07, 6.45) is -2.93. The number of alkyl halides is 3. The number of hydrogen-bond acceptors (Lipinski definition) is 4. The molecule has 1 saturated carbocycles. The number of ether oxygens (including phenoxy) is 1. The van der Waals surface area contributed by atoms with E-state index in [9.17, 15) is 13.2 Å². The van der Waals surface area contributed by atoms with Gasteiger partial charge < -0.3 is 10.1 Å². The van der Waals surface area contributed by atoms with Crippen molar-refractivity contribution in [1.82, 2.24) is 15.3 Å². The lowest BCUT2D eigenvalue weighted by molar-refractivity contribution is -0.142. The van der Waals surface area contributed by atoms with Gasteiger partial charge in [0, 0.05) is 25.3 Å². The smallest absolute Gasteiger partial charge is 0.370 e. The van der Waals surface area contributed by atoms with Gasteiger partial charge in [0.25, 0.3) is 0 Å². The summed E-state index contributed by atoms with van der Waals surface area (Å²) in [7, 11) is 0. The largest absolute Gasteiger partial charge is 0.433 e. The maximum Gasteiger partial charge on any atom is 0.433 e. The molecular formula is C13H16F3N3O. The monoisotopic (exact) mass is 287 g/mol. The van der Waals surface area contributed by atoms with E-state index < -0.39 is 18.0 Å². The average molecular weight is 287 g/mol. The molecule has 1 aromatic rings. The van der Waals surface area contributed by atoms with E-state index >= 15 is 0 Å². The van der Waals surface area contributed by atoms with Crippen LogP contribution in [0.4, 0.5) is 13.2 Å². The van der Waals surface area contributed by atoms with E-state index in [0.717, 1.165) is 12.8 Å². The summed E-state index contributed by atoms with van der Waals surface area (Å²) in [6, 6.07) is 0. The Bertz CT molecular complexity index is 514. The third kappa shape index (κ3) is 2.52. The normalized spacial score (nSPS) is 20.0. The van der Waals surface area contributed by atoms with E-state index in [-0.39, 0.29) is 23.9 Å². The SMILES string of the molecule is CCOC(c1nc2c(c(C(F)(F)F)n1)CNC2)C1CC1. The van der Waals surface area contributed by atoms with Crippen LogP contribution in [-0.4, -0.2) is 16.6 Å². The predicted octanol–water partition coefficient (Wildman–Crippen LogP) is 2.59. The van der Waals surface area contributed by atoms with Crippen LogP contribution in [0.3, 0.4) is 0 Å². The lowest BCUT2D eigenvalue weighted by atomic mass is 10.1. The van der Waals surface area contributed by atoms with Crippen molar-refractivity contribution >= 4 is 0 Å². The van der Waals surface area contributed by atoms with E-state index in [1.165, 1.54) is 0 Å². The fourth-order valence-corrected chi connectivity index (χ4v) is 2.55. The molecule has 1 atom stereocenters. The number of nitrogens with zero attached hydrogens (tertiary/aromatic N) is 2. The highest BCUT2D eigenvalue weighted by Gasteiger charge is 2.41. The molecule has 1 fully saturated rings. The molecule has 0 radical (unpaired) electrons. The third-order valence-corrected chi connectivity index (χ3v) is 3.62. The van der Waals surface area contributed by atoms with E-state index in [1.54, 1.807) is 0 Å². The Morgan fingerprint density at radius 3 is 2.65 bits per heavy atom. The number of hydrogen-bond donors (Lipinski definition) is 1. The lowest BCUT2D eigenvalue weighted by Gasteiger charge is -2.18. The van der Waals surface area contributed by atoms with Crippen molar-refractivity contribution in [3.63, 3.8) is 0 Å². The van der Waals surface area contributed by atoms with Crippen molar-refractivity contribution < 1.29 is 17.9 Å². The highest BCUT2D eigenvalue weighted by molar-refractivity contribution is 5.31. The number of halogens is 3. The van der Waals surface area contributed by atoms with Crippen LogP contribution in [0.5, 0.6) is 0 Å². The standard InChI is InChI=1S/C13H16F3N3O/c1-2-20-10(7-3-4-7)12-18-9-6-17-5-8(9)11(19-12)13(14,15)16/h7,10,17H,2-6H2,1H3. The van der Waals surface area contributed by atoms with Crippen LogP contribution in [0.1, 0.15) is 48.6 Å². The molecule has 0 amide bonds. The molecule has 20 heavy (non-hydrogen) atoms. The Kier molecular flexibility index (Phi) is 3.41. The second-order valence-electron chi connectivity index (χ2n) is 5.17. The van der Waals surface area contributed by atoms with Gasteiger partial charge in [-0.3, -0.25) is 0 Å². The first-order valence-electron chi connectivity index (χ1n) is 6.80. The second kappa shape index (κ2) is 4.96. The van der Waals surface area contributed by atoms with Gasteiger partial charge in [0.05, 0.1) is 5.69 Å². The second-order valence-corrected chi connectivity index (χ2v) is 5.17. The van der Waals surface area contributed by atoms with Gasteiger partial charge in [0.15, 0.2) is 11.5 Å². The van der Waals surface area contributed by atoms with Crippen molar-refractivity contribution in [2.75, 3.05) is 6.61 Å². The van der Waals surface area contributed by atoms with Gasteiger partial charge in [0.2, 0.25) is 0 Å². The van der Waals surface area contributed by atoms with Gasteiger partial charge in [-0.2, -0.15) is 13.2 Å². The molecule has 2 heterocycles. The minimum atomic E-state index is -4.45. The summed E-state index contributed by atoms with van der Waals surface area (Å²) in [5.74, 6) is 0.438. The molecule has 7 heteroatoms. The van der Waals surface area contributed by atoms with Gasteiger partial charge in [-0.1, -0.05) is 0 Å². The summed E-state index contributed by atoms with van der Waals surface area (Å²) >= 11 is 0. The summed E-state index contributed by atoms with van der Waals surface area (Å²) in [5.41, 5.74) is -0.187. The molecule has 0 bridgehead atoms. The zero-order chi connectivity index (χ0) is 14.3. The first-order valence-corrected chi connectivity index (χ1v) is 6.80. The van der Waals surface area contributed by atoms with Crippen molar-refractivity contribution in [3.8, 4) is 0 Å². The van der Waals surface area contributed by atoms with Crippen molar-refractivity contribution in [2.24, 2.45) is 5.92 Å². The van der Waals surface area contributed by atoms with Crippen LogP contribution in [0.25, 0.3) is 0 Å². The highest BCUT2D eigenvalue weighted by atomic mass is 19.4. The molecule has 1 aromatic heterocycles. The number of rotatable bonds is 4.